The number of rotatable bonds is 5. The van der Waals surface area contributed by atoms with Crippen molar-refractivity contribution < 1.29 is 14.3 Å². The van der Waals surface area contributed by atoms with E-state index in [1.807, 2.05) is 25.1 Å². The van der Waals surface area contributed by atoms with Crippen molar-refractivity contribution in [2.45, 2.75) is 6.92 Å². The summed E-state index contributed by atoms with van der Waals surface area (Å²) in [7, 11) is 1.67. The molecule has 2 aromatic carbocycles. The van der Waals surface area contributed by atoms with Crippen molar-refractivity contribution in [2.24, 2.45) is 5.73 Å². The molecule has 0 saturated carbocycles. The average molecular weight is 407 g/mol. The largest absolute Gasteiger partial charge is 0.506 e. The van der Waals surface area contributed by atoms with Crippen molar-refractivity contribution in [3.8, 4) is 5.75 Å². The number of primary amides is 1. The standard InChI is InChI=1S/C20H18FN7O2/c1-10-13-5-4-12(8-15(13)27-26-10)28(2)19-14(21)9-23-20(25-19)24-16-7-11(18(22)30)3-6-17(16)29/h3-9,29H,1-2H3,(H2,22,30)(H,26,27)(H,23,24,25). The maximum atomic E-state index is 14.5. The van der Waals surface area contributed by atoms with Gasteiger partial charge in [-0.15, -0.1) is 0 Å². The number of halogens is 1. The Labute approximate surface area is 170 Å². The van der Waals surface area contributed by atoms with Crippen LogP contribution in [0.4, 0.5) is 27.5 Å². The lowest BCUT2D eigenvalue weighted by Gasteiger charge is -2.19. The number of amides is 1. The molecular weight excluding hydrogens is 389 g/mol. The van der Waals surface area contributed by atoms with Crippen molar-refractivity contribution in [1.29, 1.82) is 0 Å². The number of aromatic amines is 1. The smallest absolute Gasteiger partial charge is 0.248 e. The van der Waals surface area contributed by atoms with Gasteiger partial charge in [-0.25, -0.2) is 9.37 Å². The van der Waals surface area contributed by atoms with Crippen LogP contribution in [0.15, 0.2) is 42.6 Å². The number of aromatic hydroxyl groups is 1. The highest BCUT2D eigenvalue weighted by Gasteiger charge is 2.16. The fourth-order valence-electron chi connectivity index (χ4n) is 3.03. The summed E-state index contributed by atoms with van der Waals surface area (Å²) in [4.78, 5) is 21.1. The molecule has 9 nitrogen and oxygen atoms in total. The first-order valence-electron chi connectivity index (χ1n) is 8.94. The predicted molar refractivity (Wildman–Crippen MR) is 111 cm³/mol. The molecule has 0 aliphatic heterocycles. The van der Waals surface area contributed by atoms with Crippen molar-refractivity contribution in [2.75, 3.05) is 17.3 Å². The van der Waals surface area contributed by atoms with E-state index in [4.69, 9.17) is 5.73 Å². The fourth-order valence-corrected chi connectivity index (χ4v) is 3.03. The third-order valence-corrected chi connectivity index (χ3v) is 4.69. The molecule has 0 aliphatic carbocycles. The van der Waals surface area contributed by atoms with Gasteiger partial charge in [-0.1, -0.05) is 0 Å². The predicted octanol–water partition coefficient (Wildman–Crippen LogP) is 3.12. The normalized spacial score (nSPS) is 10.9. The summed E-state index contributed by atoms with van der Waals surface area (Å²) in [6, 6.07) is 9.62. The summed E-state index contributed by atoms with van der Waals surface area (Å²) < 4.78 is 14.5. The van der Waals surface area contributed by atoms with Crippen molar-refractivity contribution in [3.63, 3.8) is 0 Å². The number of aromatic nitrogens is 4. The molecule has 0 saturated heterocycles. The van der Waals surface area contributed by atoms with Gasteiger partial charge in [-0.05, 0) is 43.3 Å². The number of H-pyrrole nitrogens is 1. The number of fused-ring (bicyclic) bond motifs is 1. The summed E-state index contributed by atoms with van der Waals surface area (Å²) in [5.74, 6) is -1.36. The van der Waals surface area contributed by atoms with Gasteiger partial charge in [-0.3, -0.25) is 9.89 Å². The second kappa shape index (κ2) is 7.32. The maximum absolute atomic E-state index is 14.5. The Morgan fingerprint density at radius 1 is 1.27 bits per heavy atom. The lowest BCUT2D eigenvalue weighted by Crippen LogP contribution is -2.15. The molecule has 5 N–H and O–H groups in total. The zero-order valence-corrected chi connectivity index (χ0v) is 16.1. The van der Waals surface area contributed by atoms with Gasteiger partial charge in [0.2, 0.25) is 11.9 Å². The Hall–Kier alpha value is -4.21. The van der Waals surface area contributed by atoms with Gasteiger partial charge in [-0.2, -0.15) is 10.1 Å². The second-order valence-corrected chi connectivity index (χ2v) is 6.70. The minimum Gasteiger partial charge on any atom is -0.506 e. The monoisotopic (exact) mass is 407 g/mol. The van der Waals surface area contributed by atoms with Crippen molar-refractivity contribution >= 4 is 40.0 Å². The van der Waals surface area contributed by atoms with Gasteiger partial charge < -0.3 is 21.1 Å². The third kappa shape index (κ3) is 3.46. The van der Waals surface area contributed by atoms with Gasteiger partial charge in [0.15, 0.2) is 11.6 Å². The number of nitrogens with zero attached hydrogens (tertiary/aromatic N) is 4. The number of carbonyl (C=O) groups is 1. The van der Waals surface area contributed by atoms with Crippen LogP contribution in [-0.2, 0) is 0 Å². The lowest BCUT2D eigenvalue weighted by molar-refractivity contribution is 0.100. The Bertz CT molecular complexity index is 1270. The van der Waals surface area contributed by atoms with Crippen LogP contribution in [0.2, 0.25) is 0 Å². The van der Waals surface area contributed by atoms with E-state index in [2.05, 4.69) is 25.5 Å². The topological polar surface area (TPSA) is 133 Å². The quantitative estimate of drug-likeness (QED) is 0.374. The first-order chi connectivity index (χ1) is 14.3. The van der Waals surface area contributed by atoms with Crippen LogP contribution in [0, 0.1) is 12.7 Å². The molecule has 2 heterocycles. The molecule has 4 aromatic rings. The van der Waals surface area contributed by atoms with Gasteiger partial charge in [0.05, 0.1) is 17.4 Å². The van der Waals surface area contributed by atoms with Crippen LogP contribution in [-0.4, -0.2) is 38.2 Å². The number of hydrogen-bond acceptors (Lipinski definition) is 7. The average Bonchev–Trinajstić information content (AvgIpc) is 3.10. The van der Waals surface area contributed by atoms with Crippen LogP contribution in [0.5, 0.6) is 5.75 Å². The van der Waals surface area contributed by atoms with Gasteiger partial charge in [0.1, 0.15) is 5.75 Å². The van der Waals surface area contributed by atoms with Gasteiger partial charge >= 0.3 is 0 Å². The van der Waals surface area contributed by atoms with Crippen LogP contribution in [0.25, 0.3) is 10.9 Å². The zero-order chi connectivity index (χ0) is 21.4. The molecule has 0 bridgehead atoms. The molecule has 0 fully saturated rings. The highest BCUT2D eigenvalue weighted by atomic mass is 19.1. The number of anilines is 4. The van der Waals surface area contributed by atoms with Crippen LogP contribution in [0.1, 0.15) is 16.1 Å². The van der Waals surface area contributed by atoms with Gasteiger partial charge in [0.25, 0.3) is 0 Å². The van der Waals surface area contributed by atoms with Gasteiger partial charge in [0, 0.05) is 29.4 Å². The molecule has 0 aliphatic rings. The van der Waals surface area contributed by atoms with Crippen LogP contribution >= 0.6 is 0 Å². The number of nitrogens with two attached hydrogens (primary N) is 1. The molecule has 0 radical (unpaired) electrons. The van der Waals surface area contributed by atoms with E-state index < -0.39 is 11.7 Å². The lowest BCUT2D eigenvalue weighted by atomic mass is 10.2. The molecule has 1 amide bonds. The SMILES string of the molecule is Cc1[nH]nc2cc(N(C)c3nc(Nc4cc(C(N)=O)ccc4O)ncc3F)ccc12. The minimum absolute atomic E-state index is 0.0182. The molecule has 152 valence electrons. The van der Waals surface area contributed by atoms with Crippen LogP contribution in [0.3, 0.4) is 0 Å². The summed E-state index contributed by atoms with van der Waals surface area (Å²) in [5, 5.41) is 20.9. The molecule has 2 aromatic heterocycles. The van der Waals surface area contributed by atoms with Crippen LogP contribution < -0.4 is 16.0 Å². The highest BCUT2D eigenvalue weighted by Crippen LogP contribution is 2.30. The number of benzene rings is 2. The van der Waals surface area contributed by atoms with E-state index in [0.717, 1.165) is 22.8 Å². The molecule has 0 atom stereocenters. The van der Waals surface area contributed by atoms with E-state index >= 15 is 0 Å². The third-order valence-electron chi connectivity index (χ3n) is 4.69. The number of nitrogens with one attached hydrogen (secondary N) is 2. The highest BCUT2D eigenvalue weighted by molar-refractivity contribution is 5.94. The van der Waals surface area contributed by atoms with E-state index in [1.165, 1.54) is 18.2 Å². The molecule has 30 heavy (non-hydrogen) atoms. The van der Waals surface area contributed by atoms with E-state index in [9.17, 15) is 14.3 Å². The zero-order valence-electron chi connectivity index (χ0n) is 16.1. The van der Waals surface area contributed by atoms with E-state index in [0.29, 0.717) is 5.69 Å². The first kappa shape index (κ1) is 19.1. The number of phenols is 1. The van der Waals surface area contributed by atoms with E-state index in [-0.39, 0.29) is 28.8 Å². The minimum atomic E-state index is -0.650. The van der Waals surface area contributed by atoms with Crippen molar-refractivity contribution in [3.05, 3.63) is 59.7 Å². The first-order valence-corrected chi connectivity index (χ1v) is 8.94. The molecule has 0 unspecified atom stereocenters. The molecule has 4 rings (SSSR count). The molecule has 10 heteroatoms. The summed E-state index contributed by atoms with van der Waals surface area (Å²) >= 11 is 0. The fraction of sp³-hybridized carbons (Fsp3) is 0.100. The number of hydrogen-bond donors (Lipinski definition) is 4. The number of aryl methyl sites for hydroxylation is 1. The Morgan fingerprint density at radius 2 is 2.07 bits per heavy atom. The van der Waals surface area contributed by atoms with E-state index in [1.54, 1.807) is 11.9 Å². The number of carbonyl (C=O) groups excluding carboxylic acids is 1. The Kier molecular flexibility index (Phi) is 4.66. The second-order valence-electron chi connectivity index (χ2n) is 6.70. The molecular formula is C20H18FN7O2. The maximum Gasteiger partial charge on any atom is 0.248 e. The molecule has 0 spiro atoms. The summed E-state index contributed by atoms with van der Waals surface area (Å²) in [5.41, 5.74) is 8.00. The number of phenolic OH excluding ortho intramolecular Hbond substituents is 1. The van der Waals surface area contributed by atoms with Crippen molar-refractivity contribution in [1.82, 2.24) is 20.2 Å². The summed E-state index contributed by atoms with van der Waals surface area (Å²) in [6.45, 7) is 1.92. The Morgan fingerprint density at radius 3 is 2.83 bits per heavy atom. The summed E-state index contributed by atoms with van der Waals surface area (Å²) in [6.07, 6.45) is 1.02. The Balaban J connectivity index is 1.67.